The third kappa shape index (κ3) is 2.38. The highest BCUT2D eigenvalue weighted by molar-refractivity contribution is 6.49. The molecule has 0 saturated carbocycles. The van der Waals surface area contributed by atoms with E-state index in [1.807, 2.05) is 0 Å². The molecule has 0 aliphatic heterocycles. The number of aromatic hydroxyl groups is 1. The lowest BCUT2D eigenvalue weighted by Crippen LogP contribution is -1.84. The highest BCUT2D eigenvalue weighted by Gasteiger charge is 2.16. The fourth-order valence-corrected chi connectivity index (χ4v) is 2.45. The Morgan fingerprint density at radius 2 is 1.11 bits per heavy atom. The molecule has 0 unspecified atom stereocenters. The van der Waals surface area contributed by atoms with Crippen molar-refractivity contribution in [3.63, 3.8) is 0 Å². The van der Waals surface area contributed by atoms with Crippen molar-refractivity contribution in [2.24, 2.45) is 0 Å². The maximum Gasteiger partial charge on any atom is 0.143 e. The molecule has 2 aromatic carbocycles. The Morgan fingerprint density at radius 3 is 1.72 bits per heavy atom. The van der Waals surface area contributed by atoms with Crippen LogP contribution in [0.2, 0.25) is 25.1 Å². The monoisotopic (exact) mass is 340 g/mol. The second kappa shape index (κ2) is 5.36. The fourth-order valence-electron chi connectivity index (χ4n) is 1.49. The minimum absolute atomic E-state index is 0.0660. The maximum atomic E-state index is 9.97. The first-order chi connectivity index (χ1) is 8.43. The summed E-state index contributed by atoms with van der Waals surface area (Å²) in [6.07, 6.45) is 0. The van der Waals surface area contributed by atoms with Crippen LogP contribution >= 0.6 is 58.0 Å². The van der Waals surface area contributed by atoms with Crippen molar-refractivity contribution in [1.82, 2.24) is 0 Å². The molecule has 0 bridgehead atoms. The number of benzene rings is 2. The molecule has 94 valence electrons. The summed E-state index contributed by atoms with van der Waals surface area (Å²) < 4.78 is 0. The molecule has 0 spiro atoms. The topological polar surface area (TPSA) is 20.2 Å². The van der Waals surface area contributed by atoms with E-state index >= 15 is 0 Å². The lowest BCUT2D eigenvalue weighted by atomic mass is 10.0. The summed E-state index contributed by atoms with van der Waals surface area (Å²) in [7, 11) is 0. The van der Waals surface area contributed by atoms with Crippen molar-refractivity contribution in [3.05, 3.63) is 49.4 Å². The molecule has 0 aromatic heterocycles. The summed E-state index contributed by atoms with van der Waals surface area (Å²) in [4.78, 5) is 0. The molecule has 0 aliphatic carbocycles. The van der Waals surface area contributed by atoms with Gasteiger partial charge in [-0.1, -0.05) is 64.1 Å². The van der Waals surface area contributed by atoms with Crippen molar-refractivity contribution in [1.29, 1.82) is 0 Å². The first kappa shape index (κ1) is 14.1. The van der Waals surface area contributed by atoms with Crippen LogP contribution in [0.4, 0.5) is 0 Å². The Balaban J connectivity index is 2.71. The normalized spacial score (nSPS) is 10.7. The van der Waals surface area contributed by atoms with Crippen molar-refractivity contribution in [3.8, 4) is 16.9 Å². The number of halogens is 5. The summed E-state index contributed by atoms with van der Waals surface area (Å²) in [5.41, 5.74) is 0.968. The van der Waals surface area contributed by atoms with Crippen molar-refractivity contribution < 1.29 is 5.11 Å². The van der Waals surface area contributed by atoms with E-state index in [4.69, 9.17) is 58.0 Å². The number of phenols is 1. The minimum atomic E-state index is -0.149. The lowest BCUT2D eigenvalue weighted by molar-refractivity contribution is 0.477. The highest BCUT2D eigenvalue weighted by atomic mass is 35.5. The molecule has 6 heteroatoms. The smallest absolute Gasteiger partial charge is 0.143 e. The van der Waals surface area contributed by atoms with E-state index < -0.39 is 0 Å². The van der Waals surface area contributed by atoms with Gasteiger partial charge in [-0.05, 0) is 18.2 Å². The van der Waals surface area contributed by atoms with E-state index in [0.29, 0.717) is 16.1 Å². The van der Waals surface area contributed by atoms with Gasteiger partial charge in [0.25, 0.3) is 0 Å². The van der Waals surface area contributed by atoms with Gasteiger partial charge in [-0.25, -0.2) is 0 Å². The van der Waals surface area contributed by atoms with Gasteiger partial charge in [-0.2, -0.15) is 0 Å². The number of hydrogen-bond acceptors (Lipinski definition) is 1. The molecular weight excluding hydrogens is 337 g/mol. The molecule has 1 nitrogen and oxygen atoms in total. The zero-order valence-electron chi connectivity index (χ0n) is 8.65. The van der Waals surface area contributed by atoms with Gasteiger partial charge in [0.2, 0.25) is 0 Å². The summed E-state index contributed by atoms with van der Waals surface area (Å²) in [6, 6.07) is 6.41. The van der Waals surface area contributed by atoms with Gasteiger partial charge in [-0.15, -0.1) is 0 Å². The number of rotatable bonds is 1. The molecule has 0 heterocycles. The Morgan fingerprint density at radius 1 is 0.611 bits per heavy atom. The van der Waals surface area contributed by atoms with Crippen LogP contribution in [0.25, 0.3) is 11.1 Å². The van der Waals surface area contributed by atoms with Crippen LogP contribution in [-0.4, -0.2) is 5.11 Å². The summed E-state index contributed by atoms with van der Waals surface area (Å²) in [5, 5.41) is 11.1. The fraction of sp³-hybridized carbons (Fsp3) is 0. The molecule has 0 saturated heterocycles. The molecule has 0 radical (unpaired) electrons. The SMILES string of the molecule is Oc1c(-c2ccc(Cl)c(Cl)c2Cl)ccc(Cl)c1Cl. The molecule has 1 N–H and O–H groups in total. The first-order valence-electron chi connectivity index (χ1n) is 4.74. The van der Waals surface area contributed by atoms with Crippen LogP contribution in [0.1, 0.15) is 0 Å². The predicted octanol–water partition coefficient (Wildman–Crippen LogP) is 6.33. The Labute approximate surface area is 129 Å². The molecule has 18 heavy (non-hydrogen) atoms. The minimum Gasteiger partial charge on any atom is -0.506 e. The first-order valence-corrected chi connectivity index (χ1v) is 6.63. The van der Waals surface area contributed by atoms with Gasteiger partial charge < -0.3 is 5.11 Å². The van der Waals surface area contributed by atoms with Gasteiger partial charge in [-0.3, -0.25) is 0 Å². The third-order valence-electron chi connectivity index (χ3n) is 2.39. The second-order valence-electron chi connectivity index (χ2n) is 3.48. The number of phenolic OH excluding ortho intramolecular Hbond substituents is 1. The van der Waals surface area contributed by atoms with E-state index in [9.17, 15) is 5.11 Å². The molecule has 2 rings (SSSR count). The average molecular weight is 342 g/mol. The Bertz CT molecular complexity index is 569. The molecule has 0 atom stereocenters. The van der Waals surface area contributed by atoms with Gasteiger partial charge in [0.1, 0.15) is 10.8 Å². The second-order valence-corrected chi connectivity index (χ2v) is 5.43. The maximum absolute atomic E-state index is 9.97. The Hall–Kier alpha value is -0.310. The van der Waals surface area contributed by atoms with Crippen LogP contribution < -0.4 is 0 Å². The van der Waals surface area contributed by atoms with E-state index in [1.165, 1.54) is 0 Å². The zero-order valence-corrected chi connectivity index (χ0v) is 12.4. The van der Waals surface area contributed by atoms with Gasteiger partial charge in [0, 0.05) is 11.1 Å². The van der Waals surface area contributed by atoms with Crippen LogP contribution in [0.3, 0.4) is 0 Å². The van der Waals surface area contributed by atoms with Crippen LogP contribution in [0.15, 0.2) is 24.3 Å². The van der Waals surface area contributed by atoms with Gasteiger partial charge in [0.05, 0.1) is 20.1 Å². The summed E-state index contributed by atoms with van der Waals surface area (Å²) in [5.74, 6) is -0.149. The van der Waals surface area contributed by atoms with Crippen molar-refractivity contribution >= 4 is 58.0 Å². The molecule has 0 fully saturated rings. The zero-order chi connectivity index (χ0) is 13.4. The van der Waals surface area contributed by atoms with E-state index in [1.54, 1.807) is 24.3 Å². The van der Waals surface area contributed by atoms with Crippen LogP contribution in [-0.2, 0) is 0 Å². The standard InChI is InChI=1S/C12H5Cl5O/c13-7-3-1-5(9(15)10(7)16)6-2-4-8(14)11(17)12(6)18/h1-4,18H. The third-order valence-corrected chi connectivity index (χ3v) is 4.48. The predicted molar refractivity (Wildman–Crippen MR) is 78.6 cm³/mol. The molecule has 0 aliphatic rings. The molecule has 0 amide bonds. The lowest BCUT2D eigenvalue weighted by Gasteiger charge is -2.11. The van der Waals surface area contributed by atoms with Gasteiger partial charge >= 0.3 is 0 Å². The molecular formula is C12H5Cl5O. The van der Waals surface area contributed by atoms with Crippen LogP contribution in [0.5, 0.6) is 5.75 Å². The van der Waals surface area contributed by atoms with E-state index in [0.717, 1.165) is 0 Å². The average Bonchev–Trinajstić information content (AvgIpc) is 2.35. The Kier molecular flexibility index (Phi) is 4.20. The summed E-state index contributed by atoms with van der Waals surface area (Å²) in [6.45, 7) is 0. The number of hydrogen-bond donors (Lipinski definition) is 1. The van der Waals surface area contributed by atoms with Crippen LogP contribution in [0, 0.1) is 0 Å². The van der Waals surface area contributed by atoms with E-state index in [2.05, 4.69) is 0 Å². The van der Waals surface area contributed by atoms with Gasteiger partial charge in [0.15, 0.2) is 0 Å². The quantitative estimate of drug-likeness (QED) is 0.601. The van der Waals surface area contributed by atoms with Crippen molar-refractivity contribution in [2.45, 2.75) is 0 Å². The molecule has 2 aromatic rings. The van der Waals surface area contributed by atoms with E-state index in [-0.39, 0.29) is 25.8 Å². The highest BCUT2D eigenvalue weighted by Crippen LogP contribution is 2.44. The largest absolute Gasteiger partial charge is 0.506 e. The van der Waals surface area contributed by atoms with Crippen molar-refractivity contribution in [2.75, 3.05) is 0 Å². The summed E-state index contributed by atoms with van der Waals surface area (Å²) >= 11 is 29.6.